The predicted octanol–water partition coefficient (Wildman–Crippen LogP) is 11.3. The van der Waals surface area contributed by atoms with E-state index in [4.69, 9.17) is 33.7 Å². The van der Waals surface area contributed by atoms with Gasteiger partial charge in [-0.05, 0) is 96.1 Å². The Morgan fingerprint density at radius 3 is 1.33 bits per heavy atom. The van der Waals surface area contributed by atoms with Crippen LogP contribution in [0.1, 0.15) is 54.6 Å². The van der Waals surface area contributed by atoms with Crippen molar-refractivity contribution < 1.29 is 50.8 Å². The fraction of sp³-hybridized carbons (Fsp3) is 0.182. The van der Waals surface area contributed by atoms with Gasteiger partial charge in [-0.15, -0.1) is 0 Å². The first-order valence-electron chi connectivity index (χ1n) is 28.0. The Morgan fingerprint density at radius 2 is 0.933 bits per heavy atom. The number of carbonyl (C=O) groups excluding carboxylic acids is 2. The second kappa shape index (κ2) is 25.7. The fourth-order valence-corrected chi connectivity index (χ4v) is 10.2. The molecule has 0 atom stereocenters. The van der Waals surface area contributed by atoms with Crippen LogP contribution < -0.4 is 9.47 Å². The Bertz CT molecular complexity index is 4310. The van der Waals surface area contributed by atoms with Gasteiger partial charge in [0.05, 0.1) is 81.6 Å². The van der Waals surface area contributed by atoms with Gasteiger partial charge in [0, 0.05) is 125 Å². The van der Waals surface area contributed by atoms with Crippen LogP contribution in [-0.2, 0) is 67.5 Å². The molecule has 0 radical (unpaired) electrons. The summed E-state index contributed by atoms with van der Waals surface area (Å²) in [5.41, 5.74) is 6.80. The van der Waals surface area contributed by atoms with Crippen molar-refractivity contribution in [1.82, 2.24) is 58.6 Å². The molecule has 0 unspecified atom stereocenters. The zero-order chi connectivity index (χ0) is 61.7. The van der Waals surface area contributed by atoms with Crippen molar-refractivity contribution in [3.05, 3.63) is 227 Å². The second-order valence-corrected chi connectivity index (χ2v) is 20.8. The highest BCUT2D eigenvalue weighted by molar-refractivity contribution is 6.05. The number of halogens is 4. The smallest absolute Gasteiger partial charge is 0.346 e. The molecule has 8 heterocycles. The predicted molar refractivity (Wildman–Crippen MR) is 319 cm³/mol. The van der Waals surface area contributed by atoms with Gasteiger partial charge in [0.1, 0.15) is 48.1 Å². The van der Waals surface area contributed by atoms with Gasteiger partial charge in [0.2, 0.25) is 11.8 Å². The number of aryl methyl sites for hydroxylation is 2. The topological polar surface area (TPSA) is 203 Å². The first-order valence-corrected chi connectivity index (χ1v) is 28.0. The molecule has 0 aliphatic heterocycles. The van der Waals surface area contributed by atoms with Gasteiger partial charge in [-0.25, -0.2) is 47.1 Å². The van der Waals surface area contributed by atoms with Gasteiger partial charge in [-0.3, -0.25) is 19.3 Å². The molecule has 0 saturated heterocycles. The van der Waals surface area contributed by atoms with Crippen molar-refractivity contribution in [2.24, 2.45) is 14.1 Å². The van der Waals surface area contributed by atoms with Gasteiger partial charge in [-0.2, -0.15) is 10.2 Å². The van der Waals surface area contributed by atoms with E-state index >= 15 is 17.6 Å². The van der Waals surface area contributed by atoms with Gasteiger partial charge < -0.3 is 32.8 Å². The third-order valence-corrected chi connectivity index (χ3v) is 14.7. The Morgan fingerprint density at radius 1 is 0.483 bits per heavy atom. The third-order valence-electron chi connectivity index (χ3n) is 14.7. The van der Waals surface area contributed by atoms with E-state index in [-0.39, 0.29) is 109 Å². The quantitative estimate of drug-likeness (QED) is 0.0352. The lowest BCUT2D eigenvalue weighted by molar-refractivity contribution is 0.0397. The van der Waals surface area contributed by atoms with Crippen LogP contribution in [0.3, 0.4) is 0 Å². The van der Waals surface area contributed by atoms with Crippen LogP contribution in [0.25, 0.3) is 67.1 Å². The molecular weight excluding hydrogens is 1150 g/mol. The first kappa shape index (κ1) is 58.6. The van der Waals surface area contributed by atoms with E-state index < -0.39 is 35.2 Å². The van der Waals surface area contributed by atoms with E-state index in [0.29, 0.717) is 33.7 Å². The van der Waals surface area contributed by atoms with E-state index in [0.717, 1.165) is 57.9 Å². The van der Waals surface area contributed by atoms with Crippen molar-refractivity contribution >= 4 is 34.0 Å². The number of methoxy groups -OCH3 is 2. The summed E-state index contributed by atoms with van der Waals surface area (Å²) in [5, 5.41) is 8.37. The number of esters is 2. The zero-order valence-corrected chi connectivity index (χ0v) is 48.4. The number of fused-ring (bicyclic) bond motifs is 2. The molecule has 23 heteroatoms. The molecule has 448 valence electrons. The zero-order valence-electron chi connectivity index (χ0n) is 48.4. The molecule has 0 N–H and O–H groups in total. The number of hydrogen-bond donors (Lipinski definition) is 0. The molecule has 12 aromatic rings. The maximum atomic E-state index is 16.1. The number of hydrogen-bond acceptors (Lipinski definition) is 15. The molecular formula is C66H54F4N12O7. The number of rotatable bonds is 22. The van der Waals surface area contributed by atoms with E-state index in [1.165, 1.54) is 38.5 Å². The van der Waals surface area contributed by atoms with Crippen molar-refractivity contribution in [3.8, 4) is 56.8 Å². The highest BCUT2D eigenvalue weighted by Crippen LogP contribution is 2.32. The third kappa shape index (κ3) is 13.0. The average molecular weight is 1200 g/mol. The Kier molecular flexibility index (Phi) is 16.9. The number of benzene rings is 4. The minimum absolute atomic E-state index is 0.00875. The number of pyridine rings is 4. The highest BCUT2D eigenvalue weighted by atomic mass is 19.1. The van der Waals surface area contributed by atoms with E-state index in [1.54, 1.807) is 91.8 Å². The Labute approximate surface area is 505 Å². The maximum Gasteiger partial charge on any atom is 0.346 e. The summed E-state index contributed by atoms with van der Waals surface area (Å²) in [6.45, 7) is 1.13. The molecule has 0 aliphatic carbocycles. The summed E-state index contributed by atoms with van der Waals surface area (Å²) in [7, 11) is 6.68. The van der Waals surface area contributed by atoms with E-state index in [2.05, 4.69) is 30.1 Å². The van der Waals surface area contributed by atoms with Crippen LogP contribution in [0.15, 0.2) is 159 Å². The molecule has 0 aliphatic rings. The summed E-state index contributed by atoms with van der Waals surface area (Å²) in [5.74, 6) is -3.68. The van der Waals surface area contributed by atoms with Gasteiger partial charge in [-0.1, -0.05) is 24.3 Å². The Hall–Kier alpha value is -10.8. The van der Waals surface area contributed by atoms with Crippen LogP contribution in [0, 0.1) is 23.3 Å². The molecule has 4 aromatic carbocycles. The minimum atomic E-state index is -0.970. The second-order valence-electron chi connectivity index (χ2n) is 20.8. The van der Waals surface area contributed by atoms with Gasteiger partial charge in [0.15, 0.2) is 0 Å². The summed E-state index contributed by atoms with van der Waals surface area (Å²) in [4.78, 5) is 54.9. The lowest BCUT2D eigenvalue weighted by Crippen LogP contribution is -2.14. The average Bonchev–Trinajstić information content (AvgIpc) is 1.98. The summed E-state index contributed by atoms with van der Waals surface area (Å²) >= 11 is 0. The monoisotopic (exact) mass is 1200 g/mol. The van der Waals surface area contributed by atoms with Crippen LogP contribution in [0.5, 0.6) is 11.8 Å². The van der Waals surface area contributed by atoms with Crippen LogP contribution in [0.2, 0.25) is 0 Å². The highest BCUT2D eigenvalue weighted by Gasteiger charge is 2.24. The molecule has 0 spiro atoms. The molecule has 0 bridgehead atoms. The van der Waals surface area contributed by atoms with E-state index in [9.17, 15) is 9.59 Å². The number of imidazole rings is 2. The molecule has 0 amide bonds. The first-order chi connectivity index (χ1) is 43.2. The molecule has 8 aromatic heterocycles. The number of aromatic nitrogens is 12. The SMILES string of the molecule is COCCn1c(Cc2cc(F)c(-c3cccc(OCc4ccc(-c5cnn(C)c5)nc4)n3)cc2F)nc2ccc(C(=O)OC(=O)c3ccc4nc(Cc5cc(F)c(-c6cccc(OCc7ccc(-c8cnn(C)c8)nc7)n6)cc5F)n(CCOC)c4c3)cc21. The lowest BCUT2D eigenvalue weighted by Gasteiger charge is -2.12. The lowest BCUT2D eigenvalue weighted by atomic mass is 10.0. The number of carbonyl (C=O) groups is 2. The normalized spacial score (nSPS) is 11.5. The van der Waals surface area contributed by atoms with Crippen LogP contribution in [-0.4, -0.2) is 98.0 Å². The van der Waals surface area contributed by atoms with Crippen molar-refractivity contribution in [1.29, 1.82) is 0 Å². The summed E-state index contributed by atoms with van der Waals surface area (Å²) in [6, 6.07) is 30.5. The number of nitrogens with zero attached hydrogens (tertiary/aromatic N) is 12. The summed E-state index contributed by atoms with van der Waals surface area (Å²) < 4.78 is 99.1. The van der Waals surface area contributed by atoms with Crippen molar-refractivity contribution in [2.45, 2.75) is 39.1 Å². The molecule has 89 heavy (non-hydrogen) atoms. The van der Waals surface area contributed by atoms with Crippen LogP contribution >= 0.6 is 0 Å². The number of ether oxygens (including phenoxy) is 5. The van der Waals surface area contributed by atoms with Crippen LogP contribution in [0.4, 0.5) is 17.6 Å². The minimum Gasteiger partial charge on any atom is -0.473 e. The maximum absolute atomic E-state index is 16.1. The van der Waals surface area contributed by atoms with E-state index in [1.807, 2.05) is 50.8 Å². The largest absolute Gasteiger partial charge is 0.473 e. The van der Waals surface area contributed by atoms with Crippen molar-refractivity contribution in [3.63, 3.8) is 0 Å². The standard InChI is InChI=1S/C66H54F4N12O7/c1-79-35-45(33-73-79)53-15-11-39(31-71-53)37-87-63-9-5-7-55(77-63)47-29-49(67)43(23-51(47)69)27-61-75-57-17-13-41(25-59(57)81(61)19-21-85-3)65(83)89-66(84)42-14-18-58-60(26-42)82(20-22-86-4)62(76-58)28-44-24-52(70)48(30-50(44)68)56-8-6-10-64(78-56)88-38-40-12-16-54(72-32-40)46-34-74-80(2)36-46/h5-18,23-26,29-36H,19-22,27-28,37-38H2,1-4H3. The Balaban J connectivity index is 0.715. The molecule has 0 fully saturated rings. The van der Waals surface area contributed by atoms with Gasteiger partial charge >= 0.3 is 11.9 Å². The fourth-order valence-electron chi connectivity index (χ4n) is 10.2. The molecule has 0 saturated carbocycles. The van der Waals surface area contributed by atoms with Gasteiger partial charge in [0.25, 0.3) is 0 Å². The molecule has 12 rings (SSSR count). The molecule has 19 nitrogen and oxygen atoms in total. The van der Waals surface area contributed by atoms with Crippen molar-refractivity contribution in [2.75, 3.05) is 27.4 Å². The summed E-state index contributed by atoms with van der Waals surface area (Å²) in [6.07, 6.45) is 10.3.